The summed E-state index contributed by atoms with van der Waals surface area (Å²) in [6, 6.07) is 3.80. The first kappa shape index (κ1) is 12.9. The third kappa shape index (κ3) is 4.59. The average molecular weight is 223 g/mol. The van der Waals surface area contributed by atoms with E-state index in [0.29, 0.717) is 18.3 Å². The Morgan fingerprint density at radius 1 is 1.38 bits per heavy atom. The van der Waals surface area contributed by atoms with E-state index in [1.54, 1.807) is 6.20 Å². The number of hydrogen-bond acceptors (Lipinski definition) is 4. The maximum Gasteiger partial charge on any atom is 0.139 e. The number of nitrogens with one attached hydrogen (secondary N) is 1. The molecule has 90 valence electrons. The van der Waals surface area contributed by atoms with E-state index in [-0.39, 0.29) is 6.10 Å². The molecule has 1 unspecified atom stereocenters. The van der Waals surface area contributed by atoms with Crippen LogP contribution in [0.3, 0.4) is 0 Å². The molecule has 1 aromatic heterocycles. The van der Waals surface area contributed by atoms with Gasteiger partial charge in [-0.3, -0.25) is 0 Å². The number of anilines is 1. The van der Waals surface area contributed by atoms with E-state index in [1.165, 1.54) is 0 Å². The topological polar surface area (TPSA) is 60.2 Å². The van der Waals surface area contributed by atoms with Crippen LogP contribution in [-0.4, -0.2) is 11.1 Å². The lowest BCUT2D eigenvalue weighted by Crippen LogP contribution is -2.11. The summed E-state index contributed by atoms with van der Waals surface area (Å²) in [4.78, 5) is 4.12. The first-order valence-corrected chi connectivity index (χ1v) is 5.65. The number of nitrogen functional groups attached to an aromatic ring is 1. The van der Waals surface area contributed by atoms with Gasteiger partial charge in [-0.1, -0.05) is 19.9 Å². The first-order chi connectivity index (χ1) is 7.61. The van der Waals surface area contributed by atoms with E-state index < -0.39 is 0 Å². The number of hydrazine groups is 1. The van der Waals surface area contributed by atoms with E-state index in [9.17, 15) is 0 Å². The fourth-order valence-corrected chi connectivity index (χ4v) is 1.57. The third-order valence-corrected chi connectivity index (χ3v) is 2.31. The molecule has 0 bridgehead atoms. The van der Waals surface area contributed by atoms with Gasteiger partial charge in [-0.25, -0.2) is 10.8 Å². The van der Waals surface area contributed by atoms with Crippen molar-refractivity contribution >= 4 is 5.82 Å². The molecule has 4 nitrogen and oxygen atoms in total. The quantitative estimate of drug-likeness (QED) is 0.574. The van der Waals surface area contributed by atoms with Crippen molar-refractivity contribution < 1.29 is 4.74 Å². The zero-order chi connectivity index (χ0) is 12.0. The molecule has 0 aliphatic carbocycles. The van der Waals surface area contributed by atoms with Gasteiger partial charge in [-0.2, -0.15) is 0 Å². The largest absolute Gasteiger partial charge is 0.374 e. The minimum atomic E-state index is 0.285. The molecular weight excluding hydrogens is 202 g/mol. The lowest BCUT2D eigenvalue weighted by atomic mass is 10.1. The van der Waals surface area contributed by atoms with Crippen molar-refractivity contribution in [2.45, 2.75) is 39.9 Å². The summed E-state index contributed by atoms with van der Waals surface area (Å²) in [5.41, 5.74) is 3.56. The van der Waals surface area contributed by atoms with E-state index in [0.717, 1.165) is 12.0 Å². The molecular formula is C12H21N3O. The van der Waals surface area contributed by atoms with Crippen molar-refractivity contribution in [1.82, 2.24) is 4.98 Å². The minimum Gasteiger partial charge on any atom is -0.374 e. The van der Waals surface area contributed by atoms with Gasteiger partial charge in [-0.15, -0.1) is 0 Å². The van der Waals surface area contributed by atoms with Crippen molar-refractivity contribution in [2.24, 2.45) is 11.8 Å². The molecule has 1 aromatic rings. The molecule has 1 heterocycles. The summed E-state index contributed by atoms with van der Waals surface area (Å²) in [7, 11) is 0. The van der Waals surface area contributed by atoms with Crippen molar-refractivity contribution in [3.63, 3.8) is 0 Å². The summed E-state index contributed by atoms with van der Waals surface area (Å²) < 4.78 is 5.72. The molecule has 0 fully saturated rings. The lowest BCUT2D eigenvalue weighted by Gasteiger charge is -2.15. The molecule has 0 saturated carbocycles. The summed E-state index contributed by atoms with van der Waals surface area (Å²) in [5.74, 6) is 6.56. The number of nitrogens with two attached hydrogens (primary N) is 1. The van der Waals surface area contributed by atoms with Crippen molar-refractivity contribution in [3.05, 3.63) is 23.9 Å². The fourth-order valence-electron chi connectivity index (χ4n) is 1.57. The first-order valence-electron chi connectivity index (χ1n) is 5.65. The van der Waals surface area contributed by atoms with E-state index in [1.807, 2.05) is 12.1 Å². The van der Waals surface area contributed by atoms with Gasteiger partial charge in [0, 0.05) is 6.20 Å². The number of hydrogen-bond donors (Lipinski definition) is 2. The van der Waals surface area contributed by atoms with Crippen LogP contribution >= 0.6 is 0 Å². The highest BCUT2D eigenvalue weighted by molar-refractivity contribution is 5.33. The second-order valence-corrected chi connectivity index (χ2v) is 4.45. The zero-order valence-corrected chi connectivity index (χ0v) is 10.2. The SMILES string of the molecule is CC(C)CC(C)OCc1ccc(NN)nc1. The molecule has 0 aliphatic heterocycles. The number of ether oxygens (including phenoxy) is 1. The average Bonchev–Trinajstić information content (AvgIpc) is 2.26. The Morgan fingerprint density at radius 3 is 2.62 bits per heavy atom. The van der Waals surface area contributed by atoms with Gasteiger partial charge in [0.25, 0.3) is 0 Å². The van der Waals surface area contributed by atoms with Crippen LogP contribution in [0.15, 0.2) is 18.3 Å². The fraction of sp³-hybridized carbons (Fsp3) is 0.583. The lowest BCUT2D eigenvalue weighted by molar-refractivity contribution is 0.0396. The standard InChI is InChI=1S/C12H21N3O/c1-9(2)6-10(3)16-8-11-4-5-12(15-13)14-7-11/h4-5,7,9-10H,6,8,13H2,1-3H3,(H,14,15). The van der Waals surface area contributed by atoms with Crippen LogP contribution in [0, 0.1) is 5.92 Å². The predicted molar refractivity (Wildman–Crippen MR) is 65.8 cm³/mol. The maximum atomic E-state index is 5.72. The van der Waals surface area contributed by atoms with Crippen LogP contribution in [0.4, 0.5) is 5.82 Å². The molecule has 0 radical (unpaired) electrons. The molecule has 3 N–H and O–H groups in total. The van der Waals surface area contributed by atoms with Crippen LogP contribution in [-0.2, 0) is 11.3 Å². The summed E-state index contributed by atoms with van der Waals surface area (Å²) >= 11 is 0. The molecule has 0 spiro atoms. The van der Waals surface area contributed by atoms with Crippen LogP contribution in [0.2, 0.25) is 0 Å². The summed E-state index contributed by atoms with van der Waals surface area (Å²) in [5, 5.41) is 0. The Morgan fingerprint density at radius 2 is 2.12 bits per heavy atom. The van der Waals surface area contributed by atoms with Crippen LogP contribution < -0.4 is 11.3 Å². The molecule has 0 amide bonds. The van der Waals surface area contributed by atoms with Gasteiger partial charge in [0.1, 0.15) is 5.82 Å². The van der Waals surface area contributed by atoms with Gasteiger partial charge < -0.3 is 10.2 Å². The second kappa shape index (κ2) is 6.45. The van der Waals surface area contributed by atoms with E-state index in [4.69, 9.17) is 10.6 Å². The number of nitrogens with zero attached hydrogens (tertiary/aromatic N) is 1. The molecule has 0 saturated heterocycles. The highest BCUT2D eigenvalue weighted by atomic mass is 16.5. The molecule has 0 aromatic carbocycles. The Balaban J connectivity index is 2.36. The number of aromatic nitrogens is 1. The molecule has 1 rings (SSSR count). The summed E-state index contributed by atoms with van der Waals surface area (Å²) in [6.07, 6.45) is 3.14. The van der Waals surface area contributed by atoms with Crippen LogP contribution in [0.5, 0.6) is 0 Å². The molecule has 16 heavy (non-hydrogen) atoms. The van der Waals surface area contributed by atoms with Gasteiger partial charge in [0.15, 0.2) is 0 Å². The van der Waals surface area contributed by atoms with E-state index >= 15 is 0 Å². The Bertz CT molecular complexity index is 298. The Hall–Kier alpha value is -1.13. The van der Waals surface area contributed by atoms with Gasteiger partial charge in [0.2, 0.25) is 0 Å². The Labute approximate surface area is 97.2 Å². The molecule has 1 atom stereocenters. The highest BCUT2D eigenvalue weighted by Crippen LogP contribution is 2.11. The van der Waals surface area contributed by atoms with Crippen molar-refractivity contribution in [2.75, 3.05) is 5.43 Å². The monoisotopic (exact) mass is 223 g/mol. The number of pyridine rings is 1. The van der Waals surface area contributed by atoms with Crippen LogP contribution in [0.25, 0.3) is 0 Å². The third-order valence-electron chi connectivity index (χ3n) is 2.31. The smallest absolute Gasteiger partial charge is 0.139 e. The van der Waals surface area contributed by atoms with Crippen LogP contribution in [0.1, 0.15) is 32.8 Å². The molecule has 0 aliphatic rings. The normalized spacial score (nSPS) is 12.8. The summed E-state index contributed by atoms with van der Waals surface area (Å²) in [6.45, 7) is 7.10. The second-order valence-electron chi connectivity index (χ2n) is 4.45. The number of rotatable bonds is 6. The maximum absolute atomic E-state index is 5.72. The van der Waals surface area contributed by atoms with Gasteiger partial charge in [-0.05, 0) is 30.9 Å². The van der Waals surface area contributed by atoms with Gasteiger partial charge in [0.05, 0.1) is 12.7 Å². The minimum absolute atomic E-state index is 0.285. The predicted octanol–water partition coefficient (Wildman–Crippen LogP) is 2.32. The van der Waals surface area contributed by atoms with Gasteiger partial charge >= 0.3 is 0 Å². The van der Waals surface area contributed by atoms with E-state index in [2.05, 4.69) is 31.2 Å². The van der Waals surface area contributed by atoms with Crippen molar-refractivity contribution in [3.8, 4) is 0 Å². The highest BCUT2D eigenvalue weighted by Gasteiger charge is 2.05. The zero-order valence-electron chi connectivity index (χ0n) is 10.2. The Kier molecular flexibility index (Phi) is 5.22. The van der Waals surface area contributed by atoms with Crippen molar-refractivity contribution in [1.29, 1.82) is 0 Å². The molecule has 4 heteroatoms.